The van der Waals surface area contributed by atoms with E-state index in [0.717, 1.165) is 57.4 Å². The molecule has 1 aromatic carbocycles. The van der Waals surface area contributed by atoms with E-state index in [1.54, 1.807) is 0 Å². The highest BCUT2D eigenvalue weighted by molar-refractivity contribution is 5.76. The van der Waals surface area contributed by atoms with Crippen molar-refractivity contribution in [2.24, 2.45) is 17.3 Å². The molecule has 3 heterocycles. The molecule has 0 aromatic heterocycles. The van der Waals surface area contributed by atoms with Crippen LogP contribution in [0.1, 0.15) is 76.2 Å². The zero-order valence-corrected chi connectivity index (χ0v) is 19.2. The maximum absolute atomic E-state index is 13.2. The fourth-order valence-electron chi connectivity index (χ4n) is 7.19. The quantitative estimate of drug-likeness (QED) is 0.564. The fraction of sp³-hybridized carbons (Fsp3) is 0.679. The highest BCUT2D eigenvalue weighted by atomic mass is 16.2. The van der Waals surface area contributed by atoms with E-state index >= 15 is 0 Å². The highest BCUT2D eigenvalue weighted by Crippen LogP contribution is 2.53. The smallest absolute Gasteiger partial charge is 0.222 e. The average molecular weight is 421 g/mol. The second kappa shape index (κ2) is 9.48. The largest absolute Gasteiger partial charge is 0.342 e. The Morgan fingerprint density at radius 3 is 2.68 bits per heavy atom. The minimum atomic E-state index is 0.241. The van der Waals surface area contributed by atoms with Crippen LogP contribution in [0.4, 0.5) is 0 Å². The van der Waals surface area contributed by atoms with Gasteiger partial charge < -0.3 is 4.90 Å². The minimum absolute atomic E-state index is 0.241. The summed E-state index contributed by atoms with van der Waals surface area (Å²) in [6.07, 6.45) is 18.2. The van der Waals surface area contributed by atoms with Gasteiger partial charge in [0.25, 0.3) is 0 Å². The van der Waals surface area contributed by atoms with E-state index in [0.29, 0.717) is 11.8 Å². The molecule has 4 bridgehead atoms. The van der Waals surface area contributed by atoms with Crippen LogP contribution in [0.3, 0.4) is 0 Å². The first-order chi connectivity index (χ1) is 15.2. The summed E-state index contributed by atoms with van der Waals surface area (Å²) < 4.78 is 0. The monoisotopic (exact) mass is 420 g/mol. The maximum atomic E-state index is 13.2. The molecule has 3 fully saturated rings. The van der Waals surface area contributed by atoms with Gasteiger partial charge >= 0.3 is 0 Å². The summed E-state index contributed by atoms with van der Waals surface area (Å²) >= 11 is 0. The second-order valence-corrected chi connectivity index (χ2v) is 10.8. The number of rotatable bonds is 2. The predicted molar refractivity (Wildman–Crippen MR) is 127 cm³/mol. The molecule has 3 nitrogen and oxygen atoms in total. The van der Waals surface area contributed by atoms with E-state index in [9.17, 15) is 4.79 Å². The molecule has 4 atom stereocenters. The standard InChI is InChI=1S/C28H40N2O/c31-27-14-10-5-3-1-2-4-6-11-17-28-21-29(19-23-12-8-7-9-13-23)25-16-15-24(26(28)18-25)20-30(27)22-28/h6-9,11-13,24-26H,1-5,10,14-22H2/b11-6+/t24-,25-,26-,28+/m1/s1. The Labute approximate surface area is 188 Å². The van der Waals surface area contributed by atoms with Gasteiger partial charge in [-0.2, -0.15) is 0 Å². The first-order valence-electron chi connectivity index (χ1n) is 12.9. The van der Waals surface area contributed by atoms with Crippen LogP contribution in [0, 0.1) is 17.3 Å². The number of piperidine rings is 2. The van der Waals surface area contributed by atoms with E-state index in [1.807, 2.05) is 0 Å². The van der Waals surface area contributed by atoms with E-state index in [2.05, 4.69) is 52.3 Å². The Hall–Kier alpha value is -1.61. The number of amides is 1. The molecule has 5 rings (SSSR count). The second-order valence-electron chi connectivity index (χ2n) is 10.8. The zero-order chi connectivity index (χ0) is 21.1. The van der Waals surface area contributed by atoms with Crippen molar-refractivity contribution in [1.29, 1.82) is 0 Å². The number of carbonyl (C=O) groups excluding carboxylic acids is 1. The van der Waals surface area contributed by atoms with Crippen molar-refractivity contribution in [2.75, 3.05) is 19.6 Å². The summed E-state index contributed by atoms with van der Waals surface area (Å²) in [7, 11) is 0. The molecule has 1 aromatic rings. The molecule has 1 saturated carbocycles. The van der Waals surface area contributed by atoms with Crippen molar-refractivity contribution >= 4 is 5.91 Å². The number of carbonyl (C=O) groups is 1. The van der Waals surface area contributed by atoms with Crippen LogP contribution in [-0.2, 0) is 11.3 Å². The SMILES string of the molecule is O=C1CCCCCCC/C=C/C[C@]23CN1C[C@H]1CC[C@H](C[C@H]12)N(Cc1ccccc1)C3. The average Bonchev–Trinajstić information content (AvgIpc) is 2.80. The van der Waals surface area contributed by atoms with E-state index in [-0.39, 0.29) is 5.41 Å². The Balaban J connectivity index is 1.42. The van der Waals surface area contributed by atoms with Gasteiger partial charge in [0.05, 0.1) is 0 Å². The highest BCUT2D eigenvalue weighted by Gasteiger charge is 2.55. The lowest BCUT2D eigenvalue weighted by Crippen LogP contribution is -2.65. The van der Waals surface area contributed by atoms with Gasteiger partial charge in [-0.25, -0.2) is 0 Å². The molecule has 3 aliphatic heterocycles. The predicted octanol–water partition coefficient (Wildman–Crippen LogP) is 5.81. The molecule has 3 heteroatoms. The molecule has 31 heavy (non-hydrogen) atoms. The lowest BCUT2D eigenvalue weighted by molar-refractivity contribution is -0.153. The Morgan fingerprint density at radius 2 is 1.77 bits per heavy atom. The first kappa shape index (κ1) is 21.2. The molecule has 0 radical (unpaired) electrons. The van der Waals surface area contributed by atoms with Crippen molar-refractivity contribution < 1.29 is 4.79 Å². The number of hydrogen-bond donors (Lipinski definition) is 0. The summed E-state index contributed by atoms with van der Waals surface area (Å²) in [5, 5.41) is 0. The van der Waals surface area contributed by atoms with Crippen LogP contribution in [0.5, 0.6) is 0 Å². The number of likely N-dealkylation sites (tertiary alicyclic amines) is 1. The molecule has 4 aliphatic rings. The third kappa shape index (κ3) is 4.62. The number of allylic oxidation sites excluding steroid dienone is 2. The summed E-state index contributed by atoms with van der Waals surface area (Å²) in [4.78, 5) is 18.3. The summed E-state index contributed by atoms with van der Waals surface area (Å²) in [5.74, 6) is 1.94. The molecule has 2 saturated heterocycles. The van der Waals surface area contributed by atoms with Crippen molar-refractivity contribution in [3.63, 3.8) is 0 Å². The first-order valence-corrected chi connectivity index (χ1v) is 12.9. The number of nitrogens with zero attached hydrogens (tertiary/aromatic N) is 2. The van der Waals surface area contributed by atoms with Gasteiger partial charge in [-0.1, -0.05) is 61.7 Å². The summed E-state index contributed by atoms with van der Waals surface area (Å²) in [6, 6.07) is 11.7. The van der Waals surface area contributed by atoms with Gasteiger partial charge in [-0.05, 0) is 62.3 Å². The third-order valence-corrected chi connectivity index (χ3v) is 8.78. The molecule has 0 N–H and O–H groups in total. The van der Waals surface area contributed by atoms with Crippen LogP contribution in [-0.4, -0.2) is 41.4 Å². The molecule has 1 amide bonds. The van der Waals surface area contributed by atoms with E-state index in [4.69, 9.17) is 0 Å². The lowest BCUT2D eigenvalue weighted by Gasteiger charge is -2.61. The molecule has 0 unspecified atom stereocenters. The van der Waals surface area contributed by atoms with Crippen molar-refractivity contribution in [2.45, 2.75) is 83.2 Å². The van der Waals surface area contributed by atoms with Crippen LogP contribution >= 0.6 is 0 Å². The Morgan fingerprint density at radius 1 is 0.935 bits per heavy atom. The topological polar surface area (TPSA) is 23.6 Å². The third-order valence-electron chi connectivity index (χ3n) is 8.78. The van der Waals surface area contributed by atoms with Crippen LogP contribution in [0.25, 0.3) is 0 Å². The minimum Gasteiger partial charge on any atom is -0.342 e. The van der Waals surface area contributed by atoms with Gasteiger partial charge in [0.1, 0.15) is 0 Å². The molecule has 168 valence electrons. The number of fused-ring (bicyclic) bond motifs is 2. The Kier molecular flexibility index (Phi) is 6.50. The Bertz CT molecular complexity index is 774. The van der Waals surface area contributed by atoms with Crippen molar-refractivity contribution in [3.05, 3.63) is 48.0 Å². The van der Waals surface area contributed by atoms with Gasteiger partial charge in [-0.15, -0.1) is 0 Å². The van der Waals surface area contributed by atoms with E-state index in [1.165, 1.54) is 56.9 Å². The molecular formula is C28H40N2O. The van der Waals surface area contributed by atoms with Crippen LogP contribution in [0.15, 0.2) is 42.5 Å². The van der Waals surface area contributed by atoms with Gasteiger partial charge in [0.2, 0.25) is 5.91 Å². The number of benzene rings is 1. The zero-order valence-electron chi connectivity index (χ0n) is 19.2. The molecular weight excluding hydrogens is 380 g/mol. The van der Waals surface area contributed by atoms with Crippen molar-refractivity contribution in [3.8, 4) is 0 Å². The summed E-state index contributed by atoms with van der Waals surface area (Å²) in [5.41, 5.74) is 1.67. The lowest BCUT2D eigenvalue weighted by atomic mass is 9.56. The van der Waals surface area contributed by atoms with Gasteiger partial charge in [0, 0.05) is 44.1 Å². The maximum Gasteiger partial charge on any atom is 0.222 e. The molecule has 1 aliphatic carbocycles. The van der Waals surface area contributed by atoms with Crippen molar-refractivity contribution in [1.82, 2.24) is 9.80 Å². The number of hydrogen-bond acceptors (Lipinski definition) is 2. The summed E-state index contributed by atoms with van der Waals surface area (Å²) in [6.45, 7) is 4.22. The van der Waals surface area contributed by atoms with Gasteiger partial charge in [-0.3, -0.25) is 9.69 Å². The van der Waals surface area contributed by atoms with Crippen LogP contribution in [0.2, 0.25) is 0 Å². The molecule has 1 spiro atoms. The fourth-order valence-corrected chi connectivity index (χ4v) is 7.19. The van der Waals surface area contributed by atoms with Crippen LogP contribution < -0.4 is 0 Å². The van der Waals surface area contributed by atoms with E-state index < -0.39 is 0 Å². The normalized spacial score (nSPS) is 35.9. The van der Waals surface area contributed by atoms with Gasteiger partial charge in [0.15, 0.2) is 0 Å².